The fourth-order valence-electron chi connectivity index (χ4n) is 1.38. The van der Waals surface area contributed by atoms with E-state index in [9.17, 15) is 4.79 Å². The molecule has 1 unspecified atom stereocenters. The van der Waals surface area contributed by atoms with Crippen molar-refractivity contribution in [3.63, 3.8) is 0 Å². The molecule has 0 saturated carbocycles. The number of hydrogen-bond acceptors (Lipinski definition) is 2. The lowest BCUT2D eigenvalue weighted by molar-refractivity contribution is -0.144. The first-order valence-electron chi connectivity index (χ1n) is 4.94. The van der Waals surface area contributed by atoms with Gasteiger partial charge in [-0.05, 0) is 12.5 Å². The van der Waals surface area contributed by atoms with Crippen molar-refractivity contribution in [1.82, 2.24) is 0 Å². The summed E-state index contributed by atoms with van der Waals surface area (Å²) in [6.45, 7) is 2.17. The van der Waals surface area contributed by atoms with E-state index in [1.165, 1.54) is 0 Å². The number of esters is 1. The Hall–Kier alpha value is -1.75. The van der Waals surface area contributed by atoms with Crippen LogP contribution < -0.4 is 0 Å². The van der Waals surface area contributed by atoms with Gasteiger partial charge in [-0.25, -0.2) is 0 Å². The zero-order valence-electron chi connectivity index (χ0n) is 8.77. The molecule has 0 aromatic heterocycles. The quantitative estimate of drug-likeness (QED) is 0.553. The maximum absolute atomic E-state index is 11.6. The summed E-state index contributed by atoms with van der Waals surface area (Å²) >= 11 is 0. The molecule has 1 rings (SSSR count). The highest BCUT2D eigenvalue weighted by atomic mass is 16.5. The van der Waals surface area contributed by atoms with Crippen molar-refractivity contribution >= 4 is 5.97 Å². The van der Waals surface area contributed by atoms with Crippen molar-refractivity contribution in [2.45, 2.75) is 19.3 Å². The maximum atomic E-state index is 11.6. The number of rotatable bonds is 4. The van der Waals surface area contributed by atoms with Crippen LogP contribution in [0, 0.1) is 12.3 Å². The molecule has 0 aliphatic heterocycles. The van der Waals surface area contributed by atoms with Crippen molar-refractivity contribution in [3.8, 4) is 12.3 Å². The Morgan fingerprint density at radius 2 is 2.13 bits per heavy atom. The monoisotopic (exact) mass is 202 g/mol. The second-order valence-electron chi connectivity index (χ2n) is 3.12. The first-order valence-corrected chi connectivity index (χ1v) is 4.94. The Morgan fingerprint density at radius 3 is 2.67 bits per heavy atom. The lowest BCUT2D eigenvalue weighted by Gasteiger charge is -2.12. The molecule has 0 radical (unpaired) electrons. The first-order chi connectivity index (χ1) is 7.29. The topological polar surface area (TPSA) is 26.3 Å². The lowest BCUT2D eigenvalue weighted by Crippen LogP contribution is -2.15. The van der Waals surface area contributed by atoms with E-state index < -0.39 is 0 Å². The predicted molar refractivity (Wildman–Crippen MR) is 59.3 cm³/mol. The van der Waals surface area contributed by atoms with Crippen LogP contribution in [0.3, 0.4) is 0 Å². The fourth-order valence-corrected chi connectivity index (χ4v) is 1.38. The summed E-state index contributed by atoms with van der Waals surface area (Å²) in [6, 6.07) is 9.45. The van der Waals surface area contributed by atoms with E-state index in [2.05, 4.69) is 5.92 Å². The van der Waals surface area contributed by atoms with Crippen LogP contribution in [0.25, 0.3) is 0 Å². The number of benzene rings is 1. The minimum absolute atomic E-state index is 0.248. The molecular weight excluding hydrogens is 188 g/mol. The summed E-state index contributed by atoms with van der Waals surface area (Å²) in [4.78, 5) is 11.6. The third-order valence-electron chi connectivity index (χ3n) is 2.10. The molecular formula is C13H14O2. The van der Waals surface area contributed by atoms with Crippen molar-refractivity contribution in [1.29, 1.82) is 0 Å². The summed E-state index contributed by atoms with van der Waals surface area (Å²) in [5.41, 5.74) is 0.911. The summed E-state index contributed by atoms with van der Waals surface area (Å²) in [5.74, 6) is 1.92. The van der Waals surface area contributed by atoms with Crippen molar-refractivity contribution in [2.75, 3.05) is 6.61 Å². The fraction of sp³-hybridized carbons (Fsp3) is 0.308. The molecule has 0 aliphatic rings. The minimum atomic E-state index is -0.337. The van der Waals surface area contributed by atoms with Crippen LogP contribution in [0.1, 0.15) is 24.8 Å². The zero-order valence-corrected chi connectivity index (χ0v) is 8.77. The Balaban J connectivity index is 2.84. The average molecular weight is 202 g/mol. The largest absolute Gasteiger partial charge is 0.465 e. The molecule has 0 amide bonds. The van der Waals surface area contributed by atoms with E-state index in [-0.39, 0.29) is 11.9 Å². The highest BCUT2D eigenvalue weighted by molar-refractivity contribution is 5.78. The Morgan fingerprint density at radius 1 is 1.47 bits per heavy atom. The molecule has 0 aliphatic carbocycles. The molecule has 78 valence electrons. The third-order valence-corrected chi connectivity index (χ3v) is 2.10. The summed E-state index contributed by atoms with van der Waals surface area (Å²) in [6.07, 6.45) is 5.62. The molecule has 15 heavy (non-hydrogen) atoms. The predicted octanol–water partition coefficient (Wildman–Crippen LogP) is 2.36. The molecule has 0 heterocycles. The molecule has 0 saturated heterocycles. The Kier molecular flexibility index (Phi) is 4.43. The van der Waals surface area contributed by atoms with Gasteiger partial charge in [0.25, 0.3) is 0 Å². The van der Waals surface area contributed by atoms with Crippen LogP contribution in [0.4, 0.5) is 0 Å². The van der Waals surface area contributed by atoms with Gasteiger partial charge in [-0.2, -0.15) is 0 Å². The Labute approximate surface area is 90.3 Å². The molecule has 1 aromatic carbocycles. The van der Waals surface area contributed by atoms with Crippen LogP contribution in [0.5, 0.6) is 0 Å². The molecule has 2 nitrogen and oxygen atoms in total. The van der Waals surface area contributed by atoms with Crippen molar-refractivity contribution in [3.05, 3.63) is 35.9 Å². The standard InChI is InChI=1S/C13H14O2/c1-3-8-12(13(14)15-4-2)11-9-6-5-7-10-11/h1,5-7,9-10,12H,4,8H2,2H3. The smallest absolute Gasteiger partial charge is 0.314 e. The van der Waals surface area contributed by atoms with Gasteiger partial charge in [-0.3, -0.25) is 4.79 Å². The average Bonchev–Trinajstić information content (AvgIpc) is 2.27. The number of ether oxygens (including phenoxy) is 1. The van der Waals surface area contributed by atoms with Crippen LogP contribution in [-0.4, -0.2) is 12.6 Å². The molecule has 2 heteroatoms. The lowest BCUT2D eigenvalue weighted by atomic mass is 9.96. The van der Waals surface area contributed by atoms with Gasteiger partial charge in [0.1, 0.15) is 0 Å². The van der Waals surface area contributed by atoms with E-state index in [0.717, 1.165) is 5.56 Å². The number of terminal acetylenes is 1. The second kappa shape index (κ2) is 5.87. The molecule has 0 bridgehead atoms. The minimum Gasteiger partial charge on any atom is -0.465 e. The normalized spacial score (nSPS) is 11.5. The van der Waals surface area contributed by atoms with Crippen LogP contribution in [0.2, 0.25) is 0 Å². The second-order valence-corrected chi connectivity index (χ2v) is 3.12. The van der Waals surface area contributed by atoms with Gasteiger partial charge < -0.3 is 4.74 Å². The molecule has 0 N–H and O–H groups in total. The molecule has 1 atom stereocenters. The van der Waals surface area contributed by atoms with Crippen molar-refractivity contribution in [2.24, 2.45) is 0 Å². The van der Waals surface area contributed by atoms with E-state index >= 15 is 0 Å². The van der Waals surface area contributed by atoms with Crippen LogP contribution in [-0.2, 0) is 9.53 Å². The van der Waals surface area contributed by atoms with Gasteiger partial charge in [0, 0.05) is 6.42 Å². The van der Waals surface area contributed by atoms with E-state index in [0.29, 0.717) is 13.0 Å². The zero-order chi connectivity index (χ0) is 11.1. The van der Waals surface area contributed by atoms with Crippen molar-refractivity contribution < 1.29 is 9.53 Å². The van der Waals surface area contributed by atoms with Crippen LogP contribution in [0.15, 0.2) is 30.3 Å². The van der Waals surface area contributed by atoms with Gasteiger partial charge >= 0.3 is 5.97 Å². The molecule has 0 spiro atoms. The summed E-state index contributed by atoms with van der Waals surface area (Å²) in [5, 5.41) is 0. The summed E-state index contributed by atoms with van der Waals surface area (Å²) < 4.78 is 4.98. The highest BCUT2D eigenvalue weighted by Crippen LogP contribution is 2.20. The van der Waals surface area contributed by atoms with Gasteiger partial charge in [0.2, 0.25) is 0 Å². The Bertz CT molecular complexity index is 349. The number of carbonyl (C=O) groups excluding carboxylic acids is 1. The first kappa shape index (κ1) is 11.3. The SMILES string of the molecule is C#CCC(C(=O)OCC)c1ccccc1. The van der Waals surface area contributed by atoms with E-state index in [4.69, 9.17) is 11.2 Å². The molecule has 1 aromatic rings. The van der Waals surface area contributed by atoms with E-state index in [1.54, 1.807) is 6.92 Å². The van der Waals surface area contributed by atoms with Gasteiger partial charge in [0.15, 0.2) is 0 Å². The maximum Gasteiger partial charge on any atom is 0.314 e. The number of hydrogen-bond donors (Lipinski definition) is 0. The third kappa shape index (κ3) is 3.14. The summed E-state index contributed by atoms with van der Waals surface area (Å²) in [7, 11) is 0. The van der Waals surface area contributed by atoms with Gasteiger partial charge in [0.05, 0.1) is 12.5 Å². The van der Waals surface area contributed by atoms with Gasteiger partial charge in [-0.15, -0.1) is 12.3 Å². The van der Waals surface area contributed by atoms with E-state index in [1.807, 2.05) is 30.3 Å². The highest BCUT2D eigenvalue weighted by Gasteiger charge is 2.20. The van der Waals surface area contributed by atoms with Gasteiger partial charge in [-0.1, -0.05) is 30.3 Å². The molecule has 0 fully saturated rings. The van der Waals surface area contributed by atoms with Crippen LogP contribution >= 0.6 is 0 Å². The number of carbonyl (C=O) groups is 1.